The van der Waals surface area contributed by atoms with Gasteiger partial charge >= 0.3 is 0 Å². The smallest absolute Gasteiger partial charge is 0.261 e. The summed E-state index contributed by atoms with van der Waals surface area (Å²) in [4.78, 5) is 12.9. The van der Waals surface area contributed by atoms with Gasteiger partial charge in [0.1, 0.15) is 0 Å². The molecule has 19 heavy (non-hydrogen) atoms. The molecular formula is C15H14BrNOS. The Morgan fingerprint density at radius 2 is 2.11 bits per heavy atom. The van der Waals surface area contributed by atoms with Crippen molar-refractivity contribution in [2.75, 3.05) is 0 Å². The van der Waals surface area contributed by atoms with Crippen LogP contribution >= 0.6 is 27.3 Å². The van der Waals surface area contributed by atoms with Crippen LogP contribution in [0.2, 0.25) is 0 Å². The van der Waals surface area contributed by atoms with Crippen LogP contribution in [0.25, 0.3) is 0 Å². The van der Waals surface area contributed by atoms with Gasteiger partial charge in [-0.25, -0.2) is 0 Å². The minimum atomic E-state index is 0.0437. The van der Waals surface area contributed by atoms with Crippen LogP contribution in [-0.4, -0.2) is 11.9 Å². The number of nitrogens with one attached hydrogen (secondary N) is 1. The van der Waals surface area contributed by atoms with E-state index in [0.29, 0.717) is 5.92 Å². The minimum Gasteiger partial charge on any atom is -0.348 e. The fourth-order valence-corrected chi connectivity index (χ4v) is 3.67. The minimum absolute atomic E-state index is 0.0437. The summed E-state index contributed by atoms with van der Waals surface area (Å²) >= 11 is 4.95. The van der Waals surface area contributed by atoms with E-state index in [1.54, 1.807) is 0 Å². The summed E-state index contributed by atoms with van der Waals surface area (Å²) in [7, 11) is 0. The van der Waals surface area contributed by atoms with E-state index in [9.17, 15) is 4.79 Å². The van der Waals surface area contributed by atoms with Crippen molar-refractivity contribution in [1.29, 1.82) is 0 Å². The van der Waals surface area contributed by atoms with E-state index in [4.69, 9.17) is 0 Å². The summed E-state index contributed by atoms with van der Waals surface area (Å²) in [6.07, 6.45) is 1.04. The van der Waals surface area contributed by atoms with Gasteiger partial charge in [0.25, 0.3) is 5.91 Å². The van der Waals surface area contributed by atoms with Gasteiger partial charge in [-0.05, 0) is 46.5 Å². The Hall–Kier alpha value is -1.13. The van der Waals surface area contributed by atoms with Crippen molar-refractivity contribution in [2.45, 2.75) is 25.3 Å². The maximum atomic E-state index is 12.1. The maximum Gasteiger partial charge on any atom is 0.261 e. The SMILES string of the molecule is Cc1cc(C(=O)NC2CC2c2ccccc2)sc1Br. The van der Waals surface area contributed by atoms with Crippen molar-refractivity contribution in [2.24, 2.45) is 0 Å². The number of rotatable bonds is 3. The topological polar surface area (TPSA) is 29.1 Å². The number of thiophene rings is 1. The normalized spacial score (nSPS) is 21.2. The van der Waals surface area contributed by atoms with Gasteiger partial charge in [-0.3, -0.25) is 4.79 Å². The molecule has 1 amide bonds. The van der Waals surface area contributed by atoms with E-state index in [1.165, 1.54) is 16.9 Å². The first kappa shape index (κ1) is 12.9. The molecule has 0 bridgehead atoms. The van der Waals surface area contributed by atoms with Crippen LogP contribution in [0.1, 0.15) is 33.1 Å². The lowest BCUT2D eigenvalue weighted by Crippen LogP contribution is -2.25. The number of amides is 1. The quantitative estimate of drug-likeness (QED) is 0.898. The van der Waals surface area contributed by atoms with Gasteiger partial charge in [-0.1, -0.05) is 30.3 Å². The average molecular weight is 336 g/mol. The summed E-state index contributed by atoms with van der Waals surface area (Å²) in [5.74, 6) is 0.525. The van der Waals surface area contributed by atoms with Crippen LogP contribution in [0.4, 0.5) is 0 Å². The van der Waals surface area contributed by atoms with Crippen molar-refractivity contribution < 1.29 is 4.79 Å². The lowest BCUT2D eigenvalue weighted by molar-refractivity contribution is 0.0954. The molecule has 1 heterocycles. The van der Waals surface area contributed by atoms with Crippen molar-refractivity contribution in [3.8, 4) is 0 Å². The summed E-state index contributed by atoms with van der Waals surface area (Å²) in [5, 5.41) is 3.11. The standard InChI is InChI=1S/C15H14BrNOS/c1-9-7-13(19-14(9)16)15(18)17-12-8-11(12)10-5-3-2-4-6-10/h2-7,11-12H,8H2,1H3,(H,17,18). The zero-order valence-corrected chi connectivity index (χ0v) is 12.9. The molecule has 0 spiro atoms. The maximum absolute atomic E-state index is 12.1. The molecule has 2 atom stereocenters. The van der Waals surface area contributed by atoms with Crippen molar-refractivity contribution in [3.63, 3.8) is 0 Å². The van der Waals surface area contributed by atoms with E-state index in [1.807, 2.05) is 31.2 Å². The number of carbonyl (C=O) groups is 1. The lowest BCUT2D eigenvalue weighted by atomic mass is 10.1. The highest BCUT2D eigenvalue weighted by molar-refractivity contribution is 9.11. The highest BCUT2D eigenvalue weighted by Gasteiger charge is 2.39. The molecule has 98 valence electrons. The van der Waals surface area contributed by atoms with Crippen LogP contribution in [0.3, 0.4) is 0 Å². The second kappa shape index (κ2) is 5.10. The second-order valence-corrected chi connectivity index (χ2v) is 7.27. The van der Waals surface area contributed by atoms with Gasteiger partial charge in [-0.15, -0.1) is 11.3 Å². The predicted molar refractivity (Wildman–Crippen MR) is 81.8 cm³/mol. The van der Waals surface area contributed by atoms with Crippen LogP contribution in [-0.2, 0) is 0 Å². The molecule has 0 aliphatic heterocycles. The van der Waals surface area contributed by atoms with Crippen LogP contribution < -0.4 is 5.32 Å². The molecule has 3 rings (SSSR count). The van der Waals surface area contributed by atoms with Gasteiger partial charge in [0.05, 0.1) is 8.66 Å². The fourth-order valence-electron chi connectivity index (χ4n) is 2.23. The first-order chi connectivity index (χ1) is 9.15. The number of benzene rings is 1. The Morgan fingerprint density at radius 3 is 2.74 bits per heavy atom. The highest BCUT2D eigenvalue weighted by Crippen LogP contribution is 2.41. The molecule has 0 saturated heterocycles. The monoisotopic (exact) mass is 335 g/mol. The number of hydrogen-bond donors (Lipinski definition) is 1. The summed E-state index contributed by atoms with van der Waals surface area (Å²) in [5.41, 5.74) is 2.43. The Labute approximate surface area is 125 Å². The number of halogens is 1. The highest BCUT2D eigenvalue weighted by atomic mass is 79.9. The van der Waals surface area contributed by atoms with Crippen LogP contribution in [0, 0.1) is 6.92 Å². The number of carbonyl (C=O) groups excluding carboxylic acids is 1. The molecule has 2 nitrogen and oxygen atoms in total. The third-order valence-electron chi connectivity index (χ3n) is 3.42. The molecule has 4 heteroatoms. The van der Waals surface area contributed by atoms with Crippen LogP contribution in [0.5, 0.6) is 0 Å². The van der Waals surface area contributed by atoms with Gasteiger partial charge in [-0.2, -0.15) is 0 Å². The van der Waals surface area contributed by atoms with Gasteiger partial charge in [0, 0.05) is 12.0 Å². The average Bonchev–Trinajstić information content (AvgIpc) is 3.09. The fraction of sp³-hybridized carbons (Fsp3) is 0.267. The third kappa shape index (κ3) is 2.74. The molecule has 1 fully saturated rings. The molecular weight excluding hydrogens is 322 g/mol. The molecule has 0 radical (unpaired) electrons. The van der Waals surface area contributed by atoms with E-state index < -0.39 is 0 Å². The molecule has 2 aromatic rings. The van der Waals surface area contributed by atoms with E-state index in [2.05, 4.69) is 33.4 Å². The van der Waals surface area contributed by atoms with Crippen molar-refractivity contribution >= 4 is 33.2 Å². The van der Waals surface area contributed by atoms with Gasteiger partial charge in [0.15, 0.2) is 0 Å². The van der Waals surface area contributed by atoms with Crippen molar-refractivity contribution in [3.05, 3.63) is 56.2 Å². The Bertz CT molecular complexity index is 588. The largest absolute Gasteiger partial charge is 0.348 e. The molecule has 1 aromatic carbocycles. The molecule has 1 aliphatic rings. The Morgan fingerprint density at radius 1 is 1.37 bits per heavy atom. The Kier molecular flexibility index (Phi) is 3.46. The third-order valence-corrected chi connectivity index (χ3v) is 5.55. The predicted octanol–water partition coefficient (Wildman–Crippen LogP) is 4.10. The molecule has 1 aromatic heterocycles. The number of aryl methyl sites for hydroxylation is 1. The zero-order valence-electron chi connectivity index (χ0n) is 10.5. The first-order valence-electron chi connectivity index (χ1n) is 6.27. The summed E-state index contributed by atoms with van der Waals surface area (Å²) in [6, 6.07) is 12.6. The van der Waals surface area contributed by atoms with Gasteiger partial charge in [0.2, 0.25) is 0 Å². The molecule has 1 aliphatic carbocycles. The first-order valence-corrected chi connectivity index (χ1v) is 7.88. The van der Waals surface area contributed by atoms with E-state index >= 15 is 0 Å². The Balaban J connectivity index is 1.63. The van der Waals surface area contributed by atoms with Gasteiger partial charge < -0.3 is 5.32 Å². The number of hydrogen-bond acceptors (Lipinski definition) is 2. The summed E-state index contributed by atoms with van der Waals surface area (Å²) in [6.45, 7) is 2.00. The summed E-state index contributed by atoms with van der Waals surface area (Å²) < 4.78 is 1.04. The van der Waals surface area contributed by atoms with Crippen LogP contribution in [0.15, 0.2) is 40.2 Å². The molecule has 2 unspecified atom stereocenters. The van der Waals surface area contributed by atoms with E-state index in [-0.39, 0.29) is 11.9 Å². The van der Waals surface area contributed by atoms with Crippen molar-refractivity contribution in [1.82, 2.24) is 5.32 Å². The van der Waals surface area contributed by atoms with E-state index in [0.717, 1.165) is 20.6 Å². The lowest BCUT2D eigenvalue weighted by Gasteiger charge is -2.03. The zero-order chi connectivity index (χ0) is 13.4. The molecule has 1 N–H and O–H groups in total. The molecule has 1 saturated carbocycles. The second-order valence-electron chi connectivity index (χ2n) is 4.90.